The average Bonchev–Trinajstić information content (AvgIpc) is 2.48. The van der Waals surface area contributed by atoms with Crippen LogP contribution in [0.2, 0.25) is 0 Å². The van der Waals surface area contributed by atoms with E-state index in [0.717, 1.165) is 5.39 Å². The van der Waals surface area contributed by atoms with Gasteiger partial charge in [-0.05, 0) is 18.4 Å². The van der Waals surface area contributed by atoms with Crippen LogP contribution in [0.3, 0.4) is 0 Å². The van der Waals surface area contributed by atoms with Crippen LogP contribution in [-0.4, -0.2) is 41.7 Å². The second kappa shape index (κ2) is 5.13. The molecule has 0 aromatic heterocycles. The highest BCUT2D eigenvalue weighted by atomic mass is 16.5. The minimum Gasteiger partial charge on any atom is -0.506 e. The molecule has 0 saturated carbocycles. The number of hydrogen-bond acceptors (Lipinski definition) is 3. The van der Waals surface area contributed by atoms with E-state index in [1.54, 1.807) is 11.0 Å². The summed E-state index contributed by atoms with van der Waals surface area (Å²) < 4.78 is 5.34. The van der Waals surface area contributed by atoms with Gasteiger partial charge in [0.25, 0.3) is 5.91 Å². The van der Waals surface area contributed by atoms with Crippen molar-refractivity contribution in [2.45, 2.75) is 13.0 Å². The monoisotopic (exact) mass is 271 g/mol. The Labute approximate surface area is 117 Å². The van der Waals surface area contributed by atoms with Gasteiger partial charge in [-0.25, -0.2) is 0 Å². The number of carbonyl (C=O) groups is 1. The molecule has 0 spiro atoms. The van der Waals surface area contributed by atoms with Crippen LogP contribution in [-0.2, 0) is 4.74 Å². The maximum atomic E-state index is 12.6. The Kier molecular flexibility index (Phi) is 3.32. The topological polar surface area (TPSA) is 49.8 Å². The molecule has 1 aliphatic heterocycles. The number of carbonyl (C=O) groups excluding carboxylic acids is 1. The summed E-state index contributed by atoms with van der Waals surface area (Å²) in [5.41, 5.74) is 0.359. The number of nitrogens with zero attached hydrogens (tertiary/aromatic N) is 1. The lowest BCUT2D eigenvalue weighted by molar-refractivity contribution is 0.00346. The Balaban J connectivity index is 2.01. The zero-order valence-corrected chi connectivity index (χ0v) is 11.4. The number of ether oxygens (including phenoxy) is 1. The largest absolute Gasteiger partial charge is 0.506 e. The van der Waals surface area contributed by atoms with Crippen molar-refractivity contribution >= 4 is 16.7 Å². The number of hydrogen-bond donors (Lipinski definition) is 1. The number of rotatable bonds is 1. The van der Waals surface area contributed by atoms with Gasteiger partial charge in [0.1, 0.15) is 5.75 Å². The van der Waals surface area contributed by atoms with Crippen LogP contribution in [0, 0.1) is 0 Å². The van der Waals surface area contributed by atoms with Crippen LogP contribution >= 0.6 is 0 Å². The Morgan fingerprint density at radius 3 is 2.90 bits per heavy atom. The molecule has 1 saturated heterocycles. The van der Waals surface area contributed by atoms with Crippen LogP contribution in [0.15, 0.2) is 36.4 Å². The molecule has 2 aromatic carbocycles. The van der Waals surface area contributed by atoms with E-state index in [-0.39, 0.29) is 17.7 Å². The van der Waals surface area contributed by atoms with Crippen LogP contribution in [0.4, 0.5) is 0 Å². The third kappa shape index (κ3) is 2.12. The van der Waals surface area contributed by atoms with Gasteiger partial charge < -0.3 is 14.7 Å². The zero-order chi connectivity index (χ0) is 14.1. The molecular weight excluding hydrogens is 254 g/mol. The van der Waals surface area contributed by atoms with E-state index >= 15 is 0 Å². The summed E-state index contributed by atoms with van der Waals surface area (Å²) in [6.45, 7) is 3.60. The number of morpholine rings is 1. The van der Waals surface area contributed by atoms with Gasteiger partial charge in [-0.2, -0.15) is 0 Å². The highest BCUT2D eigenvalue weighted by Crippen LogP contribution is 2.30. The maximum absolute atomic E-state index is 12.6. The first-order valence-corrected chi connectivity index (χ1v) is 6.78. The molecule has 0 aliphatic carbocycles. The lowest BCUT2D eigenvalue weighted by Crippen LogP contribution is -2.47. The van der Waals surface area contributed by atoms with E-state index in [0.29, 0.717) is 30.7 Å². The molecule has 1 amide bonds. The van der Waals surface area contributed by atoms with Gasteiger partial charge in [0, 0.05) is 11.9 Å². The van der Waals surface area contributed by atoms with Crippen molar-refractivity contribution in [1.82, 2.24) is 4.90 Å². The molecule has 1 unspecified atom stereocenters. The van der Waals surface area contributed by atoms with Gasteiger partial charge in [-0.15, -0.1) is 0 Å². The summed E-state index contributed by atoms with van der Waals surface area (Å²) in [4.78, 5) is 14.3. The third-order valence-electron chi connectivity index (χ3n) is 3.76. The standard InChI is InChI=1S/C16H17NO3/c1-11-10-20-9-8-17(11)16(19)14-7-6-12-4-2-3-5-13(12)15(14)18/h2-7,11,18H,8-10H2,1H3. The van der Waals surface area contributed by atoms with Gasteiger partial charge in [-0.1, -0.05) is 30.3 Å². The van der Waals surface area contributed by atoms with E-state index < -0.39 is 0 Å². The fourth-order valence-corrected chi connectivity index (χ4v) is 2.61. The van der Waals surface area contributed by atoms with Crippen LogP contribution in [0.5, 0.6) is 5.75 Å². The molecule has 0 bridgehead atoms. The molecule has 2 aromatic rings. The van der Waals surface area contributed by atoms with Crippen LogP contribution in [0.1, 0.15) is 17.3 Å². The summed E-state index contributed by atoms with van der Waals surface area (Å²) in [5.74, 6) is -0.0733. The minimum atomic E-state index is -0.135. The van der Waals surface area contributed by atoms with Crippen molar-refractivity contribution in [3.05, 3.63) is 42.0 Å². The molecule has 1 aliphatic rings. The fraction of sp³-hybridized carbons (Fsp3) is 0.312. The van der Waals surface area contributed by atoms with E-state index in [2.05, 4.69) is 0 Å². The Morgan fingerprint density at radius 1 is 1.30 bits per heavy atom. The first-order chi connectivity index (χ1) is 9.68. The molecule has 4 heteroatoms. The van der Waals surface area contributed by atoms with Crippen molar-refractivity contribution in [1.29, 1.82) is 0 Å². The van der Waals surface area contributed by atoms with Gasteiger partial charge in [0.05, 0.1) is 24.8 Å². The first kappa shape index (κ1) is 12.9. The minimum absolute atomic E-state index is 0.0297. The summed E-state index contributed by atoms with van der Waals surface area (Å²) in [6, 6.07) is 11.1. The summed E-state index contributed by atoms with van der Waals surface area (Å²) in [7, 11) is 0. The SMILES string of the molecule is CC1COCCN1C(=O)c1ccc2ccccc2c1O. The predicted octanol–water partition coefficient (Wildman–Crippen LogP) is 2.41. The third-order valence-corrected chi connectivity index (χ3v) is 3.76. The number of phenolic OH excluding ortho intramolecular Hbond substituents is 1. The van der Waals surface area contributed by atoms with Gasteiger partial charge >= 0.3 is 0 Å². The fourth-order valence-electron chi connectivity index (χ4n) is 2.61. The van der Waals surface area contributed by atoms with E-state index in [4.69, 9.17) is 4.74 Å². The Hall–Kier alpha value is -2.07. The number of amides is 1. The van der Waals surface area contributed by atoms with Gasteiger partial charge in [0.2, 0.25) is 0 Å². The smallest absolute Gasteiger partial charge is 0.258 e. The quantitative estimate of drug-likeness (QED) is 0.866. The summed E-state index contributed by atoms with van der Waals surface area (Å²) >= 11 is 0. The molecular formula is C16H17NO3. The van der Waals surface area contributed by atoms with Crippen molar-refractivity contribution in [3.8, 4) is 5.75 Å². The van der Waals surface area contributed by atoms with Crippen LogP contribution < -0.4 is 0 Å². The summed E-state index contributed by atoms with van der Waals surface area (Å²) in [6.07, 6.45) is 0. The van der Waals surface area contributed by atoms with Crippen molar-refractivity contribution in [2.24, 2.45) is 0 Å². The first-order valence-electron chi connectivity index (χ1n) is 6.78. The second-order valence-corrected chi connectivity index (χ2v) is 5.11. The Morgan fingerprint density at radius 2 is 2.10 bits per heavy atom. The second-order valence-electron chi connectivity index (χ2n) is 5.11. The zero-order valence-electron chi connectivity index (χ0n) is 11.4. The van der Waals surface area contributed by atoms with Crippen molar-refractivity contribution < 1.29 is 14.6 Å². The highest BCUT2D eigenvalue weighted by molar-refractivity contribution is 6.03. The number of aromatic hydroxyl groups is 1. The molecule has 104 valence electrons. The van der Waals surface area contributed by atoms with Gasteiger partial charge in [0.15, 0.2) is 0 Å². The molecule has 4 nitrogen and oxygen atoms in total. The number of benzene rings is 2. The highest BCUT2D eigenvalue weighted by Gasteiger charge is 2.26. The van der Waals surface area contributed by atoms with Gasteiger partial charge in [-0.3, -0.25) is 4.79 Å². The lowest BCUT2D eigenvalue weighted by Gasteiger charge is -2.33. The summed E-state index contributed by atoms with van der Waals surface area (Å²) in [5, 5.41) is 12.0. The molecule has 1 N–H and O–H groups in total. The average molecular weight is 271 g/mol. The molecule has 1 heterocycles. The molecule has 3 rings (SSSR count). The maximum Gasteiger partial charge on any atom is 0.258 e. The molecule has 20 heavy (non-hydrogen) atoms. The van der Waals surface area contributed by atoms with Crippen molar-refractivity contribution in [3.63, 3.8) is 0 Å². The van der Waals surface area contributed by atoms with Crippen molar-refractivity contribution in [2.75, 3.05) is 19.8 Å². The van der Waals surface area contributed by atoms with E-state index in [1.807, 2.05) is 37.3 Å². The van der Waals surface area contributed by atoms with E-state index in [9.17, 15) is 9.90 Å². The van der Waals surface area contributed by atoms with E-state index in [1.165, 1.54) is 0 Å². The predicted molar refractivity (Wildman–Crippen MR) is 76.9 cm³/mol. The molecule has 0 radical (unpaired) electrons. The lowest BCUT2D eigenvalue weighted by atomic mass is 10.0. The normalized spacial score (nSPS) is 19.2. The van der Waals surface area contributed by atoms with Crippen LogP contribution in [0.25, 0.3) is 10.8 Å². The molecule has 1 atom stereocenters. The Bertz CT molecular complexity index is 653. The molecule has 1 fully saturated rings. The number of phenols is 1. The number of fused-ring (bicyclic) bond motifs is 1.